The molecule has 0 saturated carbocycles. The molecule has 0 fully saturated rings. The van der Waals surface area contributed by atoms with Gasteiger partial charge in [-0.1, -0.05) is 89.1 Å². The van der Waals surface area contributed by atoms with Crippen LogP contribution in [0.1, 0.15) is 16.7 Å². The molecule has 7 heteroatoms. The molecule has 0 saturated heterocycles. The van der Waals surface area contributed by atoms with Crippen LogP contribution in [0.3, 0.4) is 0 Å². The van der Waals surface area contributed by atoms with E-state index in [1.54, 1.807) is 12.1 Å². The van der Waals surface area contributed by atoms with Crippen LogP contribution in [-0.4, -0.2) is 16.6 Å². The molecule has 4 aromatic rings. The second-order valence-corrected chi connectivity index (χ2v) is 9.78. The van der Waals surface area contributed by atoms with Crippen LogP contribution in [0.5, 0.6) is 0 Å². The van der Waals surface area contributed by atoms with E-state index in [1.807, 2.05) is 74.5 Å². The summed E-state index contributed by atoms with van der Waals surface area (Å²) in [6.45, 7) is 3.96. The number of pyridine rings is 1. The van der Waals surface area contributed by atoms with Gasteiger partial charge in [-0.2, -0.15) is 5.26 Å². The van der Waals surface area contributed by atoms with Crippen molar-refractivity contribution in [1.82, 2.24) is 4.98 Å². The van der Waals surface area contributed by atoms with Crippen LogP contribution in [0.15, 0.2) is 77.8 Å². The number of aryl methyl sites for hydroxylation is 2. The number of aromatic nitrogens is 1. The van der Waals surface area contributed by atoms with Gasteiger partial charge in [-0.3, -0.25) is 4.79 Å². The quantitative estimate of drug-likeness (QED) is 0.263. The van der Waals surface area contributed by atoms with Crippen LogP contribution in [0, 0.1) is 25.2 Å². The van der Waals surface area contributed by atoms with E-state index in [4.69, 9.17) is 28.2 Å². The molecular weight excluding hydrogens is 497 g/mol. The molecule has 4 nitrogen and oxygen atoms in total. The van der Waals surface area contributed by atoms with Gasteiger partial charge in [-0.05, 0) is 49.2 Å². The Hall–Kier alpha value is -3.30. The van der Waals surface area contributed by atoms with E-state index < -0.39 is 0 Å². The topological polar surface area (TPSA) is 65.8 Å². The van der Waals surface area contributed by atoms with E-state index in [0.29, 0.717) is 31.9 Å². The second kappa shape index (κ2) is 11.0. The molecule has 0 spiro atoms. The highest BCUT2D eigenvalue weighted by Crippen LogP contribution is 2.36. The Kier molecular flexibility index (Phi) is 7.77. The Bertz CT molecular complexity index is 1450. The third kappa shape index (κ3) is 5.86. The molecule has 0 aliphatic carbocycles. The maximum atomic E-state index is 12.7. The van der Waals surface area contributed by atoms with Gasteiger partial charge in [0.25, 0.3) is 0 Å². The van der Waals surface area contributed by atoms with E-state index in [-0.39, 0.29) is 11.7 Å². The molecule has 1 amide bonds. The number of rotatable bonds is 6. The highest BCUT2D eigenvalue weighted by molar-refractivity contribution is 8.00. The monoisotopic (exact) mass is 517 g/mol. The van der Waals surface area contributed by atoms with Crippen LogP contribution in [0.2, 0.25) is 10.0 Å². The normalized spacial score (nSPS) is 10.6. The lowest BCUT2D eigenvalue weighted by atomic mass is 9.99. The van der Waals surface area contributed by atoms with Crippen molar-refractivity contribution < 1.29 is 4.79 Å². The predicted molar refractivity (Wildman–Crippen MR) is 145 cm³/mol. The Labute approximate surface area is 218 Å². The lowest BCUT2D eigenvalue weighted by molar-refractivity contribution is -0.113. The number of nitrogens with one attached hydrogen (secondary N) is 1. The Morgan fingerprint density at radius 3 is 2.43 bits per heavy atom. The molecule has 0 aliphatic heterocycles. The van der Waals surface area contributed by atoms with Gasteiger partial charge >= 0.3 is 0 Å². The molecule has 1 heterocycles. The third-order valence-electron chi connectivity index (χ3n) is 5.39. The molecule has 0 radical (unpaired) electrons. The lowest BCUT2D eigenvalue weighted by Crippen LogP contribution is -2.15. The van der Waals surface area contributed by atoms with E-state index in [0.717, 1.165) is 27.9 Å². The molecule has 35 heavy (non-hydrogen) atoms. The maximum absolute atomic E-state index is 12.7. The second-order valence-electron chi connectivity index (χ2n) is 8.00. The predicted octanol–water partition coefficient (Wildman–Crippen LogP) is 7.94. The fourth-order valence-corrected chi connectivity index (χ4v) is 4.76. The number of halogens is 2. The molecule has 1 aromatic heterocycles. The Balaban J connectivity index is 1.70. The van der Waals surface area contributed by atoms with Gasteiger partial charge in [0.15, 0.2) is 0 Å². The summed E-state index contributed by atoms with van der Waals surface area (Å²) in [7, 11) is 0. The van der Waals surface area contributed by atoms with Crippen molar-refractivity contribution in [2.75, 3.05) is 11.1 Å². The van der Waals surface area contributed by atoms with E-state index in [2.05, 4.69) is 11.4 Å². The minimum atomic E-state index is -0.172. The largest absolute Gasteiger partial charge is 0.325 e. The van der Waals surface area contributed by atoms with Crippen LogP contribution >= 0.6 is 35.0 Å². The standard InChI is InChI=1S/C28H21Cl2N3OS/c1-17-8-11-25(18(2)12-17)32-27(34)16-35-28-22(15-31)21(20-9-10-23(29)24(30)13-20)14-26(33-28)19-6-4-3-5-7-19/h3-14H,16H2,1-2H3,(H,32,34). The van der Waals surface area contributed by atoms with Gasteiger partial charge in [-0.15, -0.1) is 0 Å². The van der Waals surface area contributed by atoms with Gasteiger partial charge in [0.1, 0.15) is 11.1 Å². The van der Waals surface area contributed by atoms with E-state index in [9.17, 15) is 10.1 Å². The zero-order valence-electron chi connectivity index (χ0n) is 19.1. The number of anilines is 1. The molecule has 1 N–H and O–H groups in total. The van der Waals surface area contributed by atoms with Crippen LogP contribution in [0.25, 0.3) is 22.4 Å². The lowest BCUT2D eigenvalue weighted by Gasteiger charge is -2.13. The van der Waals surface area contributed by atoms with Crippen molar-refractivity contribution in [3.05, 3.63) is 99.5 Å². The molecule has 0 bridgehead atoms. The Morgan fingerprint density at radius 1 is 0.971 bits per heavy atom. The number of carbonyl (C=O) groups excluding carboxylic acids is 1. The first-order chi connectivity index (χ1) is 16.9. The SMILES string of the molecule is Cc1ccc(NC(=O)CSc2nc(-c3ccccc3)cc(-c3ccc(Cl)c(Cl)c3)c2C#N)c(C)c1. The molecule has 174 valence electrons. The number of carbonyl (C=O) groups is 1. The summed E-state index contributed by atoms with van der Waals surface area (Å²) in [6.07, 6.45) is 0. The smallest absolute Gasteiger partial charge is 0.234 e. The first kappa shape index (κ1) is 24.8. The highest BCUT2D eigenvalue weighted by atomic mass is 35.5. The fraction of sp³-hybridized carbons (Fsp3) is 0.107. The van der Waals surface area contributed by atoms with Crippen molar-refractivity contribution in [3.8, 4) is 28.5 Å². The minimum Gasteiger partial charge on any atom is -0.325 e. The summed E-state index contributed by atoms with van der Waals surface area (Å²) >= 11 is 13.6. The summed E-state index contributed by atoms with van der Waals surface area (Å²) in [4.78, 5) is 17.5. The van der Waals surface area contributed by atoms with Crippen LogP contribution in [0.4, 0.5) is 5.69 Å². The van der Waals surface area contributed by atoms with Crippen LogP contribution < -0.4 is 5.32 Å². The van der Waals surface area contributed by atoms with Crippen molar-refractivity contribution in [2.24, 2.45) is 0 Å². The third-order valence-corrected chi connectivity index (χ3v) is 7.11. The first-order valence-corrected chi connectivity index (χ1v) is 12.6. The average Bonchev–Trinajstić information content (AvgIpc) is 2.86. The van der Waals surface area contributed by atoms with Crippen molar-refractivity contribution >= 4 is 46.6 Å². The van der Waals surface area contributed by atoms with Gasteiger partial charge < -0.3 is 5.32 Å². The zero-order valence-corrected chi connectivity index (χ0v) is 21.4. The summed E-state index contributed by atoms with van der Waals surface area (Å²) in [5, 5.41) is 14.3. The number of nitriles is 1. The van der Waals surface area contributed by atoms with Crippen molar-refractivity contribution in [2.45, 2.75) is 18.9 Å². The number of hydrogen-bond acceptors (Lipinski definition) is 4. The van der Waals surface area contributed by atoms with Gasteiger partial charge in [0, 0.05) is 16.8 Å². The fourth-order valence-electron chi connectivity index (χ4n) is 3.66. The van der Waals surface area contributed by atoms with Crippen molar-refractivity contribution in [1.29, 1.82) is 5.26 Å². The number of benzene rings is 3. The number of nitrogens with zero attached hydrogens (tertiary/aromatic N) is 2. The zero-order chi connectivity index (χ0) is 24.9. The van der Waals surface area contributed by atoms with Crippen molar-refractivity contribution in [3.63, 3.8) is 0 Å². The highest BCUT2D eigenvalue weighted by Gasteiger charge is 2.18. The van der Waals surface area contributed by atoms with Crippen LogP contribution in [-0.2, 0) is 4.79 Å². The number of thioether (sulfide) groups is 1. The molecule has 3 aromatic carbocycles. The molecule has 0 atom stereocenters. The van der Waals surface area contributed by atoms with Gasteiger partial charge in [0.05, 0.1) is 27.1 Å². The van der Waals surface area contributed by atoms with Gasteiger partial charge in [0.2, 0.25) is 5.91 Å². The summed E-state index contributed by atoms with van der Waals surface area (Å²) in [6, 6.07) is 25.0. The first-order valence-electron chi connectivity index (χ1n) is 10.8. The number of hydrogen-bond donors (Lipinski definition) is 1. The molecular formula is C28H21Cl2N3OS. The Morgan fingerprint density at radius 2 is 1.74 bits per heavy atom. The number of amides is 1. The minimum absolute atomic E-state index is 0.105. The van der Waals surface area contributed by atoms with Gasteiger partial charge in [-0.25, -0.2) is 4.98 Å². The summed E-state index contributed by atoms with van der Waals surface area (Å²) in [5.41, 5.74) is 6.30. The molecule has 0 unspecified atom stereocenters. The molecule has 4 rings (SSSR count). The summed E-state index contributed by atoms with van der Waals surface area (Å²) in [5.74, 6) is -0.0672. The maximum Gasteiger partial charge on any atom is 0.234 e. The average molecular weight is 518 g/mol. The van der Waals surface area contributed by atoms with E-state index in [1.165, 1.54) is 11.8 Å². The molecule has 0 aliphatic rings. The van der Waals surface area contributed by atoms with E-state index >= 15 is 0 Å². The summed E-state index contributed by atoms with van der Waals surface area (Å²) < 4.78 is 0.